The highest BCUT2D eigenvalue weighted by Gasteiger charge is 2.32. The molecular weight excluding hydrogens is 246 g/mol. The van der Waals surface area contributed by atoms with Crippen molar-refractivity contribution in [3.8, 4) is 0 Å². The second-order valence-corrected chi connectivity index (χ2v) is 5.56. The Morgan fingerprint density at radius 3 is 2.61 bits per heavy atom. The maximum atomic E-state index is 6.23. The molecule has 3 heteroatoms. The third kappa shape index (κ3) is 3.47. The predicted molar refractivity (Wildman–Crippen MR) is 76.0 cm³/mol. The van der Waals surface area contributed by atoms with Crippen LogP contribution < -0.4 is 5.32 Å². The van der Waals surface area contributed by atoms with Gasteiger partial charge in [-0.1, -0.05) is 49.1 Å². The molecule has 0 amide bonds. The Balaban J connectivity index is 1.99. The van der Waals surface area contributed by atoms with E-state index >= 15 is 0 Å². The van der Waals surface area contributed by atoms with Crippen LogP contribution in [0.3, 0.4) is 0 Å². The second kappa shape index (κ2) is 6.55. The molecule has 2 nitrogen and oxygen atoms in total. The Kier molecular flexibility index (Phi) is 5.04. The molecule has 1 fully saturated rings. The number of ether oxygens (including phenoxy) is 1. The van der Waals surface area contributed by atoms with Crippen LogP contribution in [0.1, 0.15) is 37.7 Å². The minimum Gasteiger partial charge on any atom is -0.369 e. The first-order valence-electron chi connectivity index (χ1n) is 6.78. The molecule has 0 spiro atoms. The van der Waals surface area contributed by atoms with Gasteiger partial charge in [0.1, 0.15) is 0 Å². The summed E-state index contributed by atoms with van der Waals surface area (Å²) in [6.45, 7) is 1.54. The van der Waals surface area contributed by atoms with Crippen LogP contribution in [-0.4, -0.2) is 19.2 Å². The van der Waals surface area contributed by atoms with Crippen molar-refractivity contribution in [2.45, 2.75) is 44.3 Å². The molecule has 100 valence electrons. The lowest BCUT2D eigenvalue weighted by Crippen LogP contribution is -2.43. The fourth-order valence-corrected chi connectivity index (χ4v) is 2.93. The highest BCUT2D eigenvalue weighted by molar-refractivity contribution is 6.31. The number of nitrogens with one attached hydrogen (secondary N) is 1. The average molecular weight is 268 g/mol. The first-order chi connectivity index (χ1) is 8.76. The van der Waals surface area contributed by atoms with Crippen molar-refractivity contribution in [1.82, 2.24) is 5.32 Å². The van der Waals surface area contributed by atoms with E-state index in [2.05, 4.69) is 5.32 Å². The standard InChI is InChI=1S/C15H22ClNO/c1-17-12-15(9-5-2-6-10-15)18-11-13-7-3-4-8-14(13)16/h3-4,7-8,17H,2,5-6,9-12H2,1H3. The normalized spacial score (nSPS) is 18.8. The van der Waals surface area contributed by atoms with Gasteiger partial charge >= 0.3 is 0 Å². The summed E-state index contributed by atoms with van der Waals surface area (Å²) in [5.41, 5.74) is 1.09. The molecule has 1 N–H and O–H groups in total. The highest BCUT2D eigenvalue weighted by Crippen LogP contribution is 2.32. The molecular formula is C15H22ClNO. The number of likely N-dealkylation sites (N-methyl/N-ethyl adjacent to an activating group) is 1. The molecule has 0 unspecified atom stereocenters. The van der Waals surface area contributed by atoms with Crippen LogP contribution in [0, 0.1) is 0 Å². The summed E-state index contributed by atoms with van der Waals surface area (Å²) in [5, 5.41) is 4.07. The summed E-state index contributed by atoms with van der Waals surface area (Å²) in [5.74, 6) is 0. The molecule has 0 atom stereocenters. The van der Waals surface area contributed by atoms with Gasteiger partial charge in [-0.15, -0.1) is 0 Å². The molecule has 1 aliphatic rings. The van der Waals surface area contributed by atoms with Gasteiger partial charge in [0, 0.05) is 11.6 Å². The van der Waals surface area contributed by atoms with Crippen molar-refractivity contribution < 1.29 is 4.74 Å². The fraction of sp³-hybridized carbons (Fsp3) is 0.600. The Hall–Kier alpha value is -0.570. The number of rotatable bonds is 5. The highest BCUT2D eigenvalue weighted by atomic mass is 35.5. The van der Waals surface area contributed by atoms with Crippen molar-refractivity contribution in [2.75, 3.05) is 13.6 Å². The molecule has 1 aromatic rings. The zero-order valence-corrected chi connectivity index (χ0v) is 11.8. The average Bonchev–Trinajstić information content (AvgIpc) is 2.39. The molecule has 1 saturated carbocycles. The smallest absolute Gasteiger partial charge is 0.0810 e. The second-order valence-electron chi connectivity index (χ2n) is 5.15. The van der Waals surface area contributed by atoms with Gasteiger partial charge in [-0.05, 0) is 31.5 Å². The topological polar surface area (TPSA) is 21.3 Å². The molecule has 0 radical (unpaired) electrons. The molecule has 0 aliphatic heterocycles. The lowest BCUT2D eigenvalue weighted by Gasteiger charge is -2.37. The Morgan fingerprint density at radius 2 is 1.94 bits per heavy atom. The van der Waals surface area contributed by atoms with Crippen molar-refractivity contribution in [2.24, 2.45) is 0 Å². The summed E-state index contributed by atoms with van der Waals surface area (Å²) in [6.07, 6.45) is 6.17. The zero-order chi connectivity index (χ0) is 12.8. The Morgan fingerprint density at radius 1 is 1.22 bits per heavy atom. The largest absolute Gasteiger partial charge is 0.369 e. The summed E-state index contributed by atoms with van der Waals surface area (Å²) in [4.78, 5) is 0. The molecule has 0 saturated heterocycles. The van der Waals surface area contributed by atoms with E-state index in [4.69, 9.17) is 16.3 Å². The molecule has 0 aromatic heterocycles. The summed E-state index contributed by atoms with van der Waals surface area (Å²) < 4.78 is 6.23. The van der Waals surface area contributed by atoms with Gasteiger partial charge in [0.2, 0.25) is 0 Å². The van der Waals surface area contributed by atoms with E-state index < -0.39 is 0 Å². The maximum Gasteiger partial charge on any atom is 0.0810 e. The quantitative estimate of drug-likeness (QED) is 0.877. The number of hydrogen-bond donors (Lipinski definition) is 1. The van der Waals surface area contributed by atoms with Gasteiger partial charge < -0.3 is 10.1 Å². The van der Waals surface area contributed by atoms with Crippen LogP contribution in [0.25, 0.3) is 0 Å². The van der Waals surface area contributed by atoms with Crippen LogP contribution in [0.15, 0.2) is 24.3 Å². The van der Waals surface area contributed by atoms with Crippen LogP contribution in [0.4, 0.5) is 0 Å². The summed E-state index contributed by atoms with van der Waals surface area (Å²) in [6, 6.07) is 7.93. The first kappa shape index (κ1) is 13.9. The van der Waals surface area contributed by atoms with Crippen LogP contribution in [-0.2, 0) is 11.3 Å². The Labute approximate surface area is 115 Å². The van der Waals surface area contributed by atoms with Gasteiger partial charge in [-0.3, -0.25) is 0 Å². The predicted octanol–water partition coefficient (Wildman–Crippen LogP) is 3.78. The first-order valence-corrected chi connectivity index (χ1v) is 7.15. The van der Waals surface area contributed by atoms with Gasteiger partial charge in [-0.2, -0.15) is 0 Å². The van der Waals surface area contributed by atoms with E-state index in [1.807, 2.05) is 31.3 Å². The summed E-state index contributed by atoms with van der Waals surface area (Å²) in [7, 11) is 2.00. The third-order valence-electron chi connectivity index (χ3n) is 3.76. The fourth-order valence-electron chi connectivity index (χ4n) is 2.74. The molecule has 0 bridgehead atoms. The van der Waals surface area contributed by atoms with Crippen LogP contribution in [0.2, 0.25) is 5.02 Å². The van der Waals surface area contributed by atoms with E-state index in [0.29, 0.717) is 6.61 Å². The van der Waals surface area contributed by atoms with Crippen LogP contribution >= 0.6 is 11.6 Å². The van der Waals surface area contributed by atoms with Crippen LogP contribution in [0.5, 0.6) is 0 Å². The van der Waals surface area contributed by atoms with E-state index in [0.717, 1.165) is 30.0 Å². The zero-order valence-electron chi connectivity index (χ0n) is 11.0. The Bertz CT molecular complexity index is 369. The van der Waals surface area contributed by atoms with E-state index in [9.17, 15) is 0 Å². The van der Waals surface area contributed by atoms with E-state index in [1.54, 1.807) is 0 Å². The monoisotopic (exact) mass is 267 g/mol. The lowest BCUT2D eigenvalue weighted by atomic mass is 9.84. The van der Waals surface area contributed by atoms with E-state index in [-0.39, 0.29) is 5.60 Å². The third-order valence-corrected chi connectivity index (χ3v) is 4.12. The summed E-state index contributed by atoms with van der Waals surface area (Å²) >= 11 is 6.17. The number of halogens is 1. The molecule has 1 aromatic carbocycles. The molecule has 1 aliphatic carbocycles. The van der Waals surface area contributed by atoms with Gasteiger partial charge in [-0.25, -0.2) is 0 Å². The van der Waals surface area contributed by atoms with Gasteiger partial charge in [0.05, 0.1) is 12.2 Å². The van der Waals surface area contributed by atoms with E-state index in [1.165, 1.54) is 19.3 Å². The lowest BCUT2D eigenvalue weighted by molar-refractivity contribution is -0.0775. The molecule has 2 rings (SSSR count). The van der Waals surface area contributed by atoms with Crippen molar-refractivity contribution in [3.63, 3.8) is 0 Å². The number of benzene rings is 1. The van der Waals surface area contributed by atoms with Gasteiger partial charge in [0.25, 0.3) is 0 Å². The minimum atomic E-state index is 0.00612. The minimum absolute atomic E-state index is 0.00612. The van der Waals surface area contributed by atoms with Crippen molar-refractivity contribution in [3.05, 3.63) is 34.9 Å². The molecule has 18 heavy (non-hydrogen) atoms. The number of hydrogen-bond acceptors (Lipinski definition) is 2. The molecule has 0 heterocycles. The van der Waals surface area contributed by atoms with Crippen molar-refractivity contribution >= 4 is 11.6 Å². The SMILES string of the molecule is CNCC1(OCc2ccccc2Cl)CCCCC1. The van der Waals surface area contributed by atoms with Crippen molar-refractivity contribution in [1.29, 1.82) is 0 Å². The maximum absolute atomic E-state index is 6.23. The van der Waals surface area contributed by atoms with Gasteiger partial charge in [0.15, 0.2) is 0 Å².